The van der Waals surface area contributed by atoms with Crippen molar-refractivity contribution in [1.82, 2.24) is 0 Å². The molecule has 1 aromatic heterocycles. The number of rotatable bonds is 5. The first-order chi connectivity index (χ1) is 27.0. The molecule has 0 bridgehead atoms. The number of fused-ring (bicyclic) bond motifs is 9. The maximum atomic E-state index is 6.33. The molecule has 0 N–H and O–H groups in total. The Bertz CT molecular complexity index is 3130. The van der Waals surface area contributed by atoms with Gasteiger partial charge >= 0.3 is 0 Å². The molecule has 0 fully saturated rings. The maximum Gasteiger partial charge on any atom is 0.136 e. The van der Waals surface area contributed by atoms with E-state index in [1.54, 1.807) is 0 Å². The number of nitrogens with zero attached hydrogens (tertiary/aromatic N) is 1. The third-order valence-corrected chi connectivity index (χ3v) is 11.8. The summed E-state index contributed by atoms with van der Waals surface area (Å²) in [5.74, 6) is 0. The van der Waals surface area contributed by atoms with Gasteiger partial charge in [-0.3, -0.25) is 0 Å². The van der Waals surface area contributed by atoms with E-state index >= 15 is 0 Å². The summed E-state index contributed by atoms with van der Waals surface area (Å²) in [5.41, 5.74) is 15.2. The van der Waals surface area contributed by atoms with Crippen LogP contribution in [0.4, 0.5) is 17.1 Å². The van der Waals surface area contributed by atoms with Gasteiger partial charge < -0.3 is 9.32 Å². The minimum Gasteiger partial charge on any atom is -0.456 e. The highest BCUT2D eigenvalue weighted by atomic mass is 16.3. The van der Waals surface area contributed by atoms with Crippen LogP contribution in [0.3, 0.4) is 0 Å². The summed E-state index contributed by atoms with van der Waals surface area (Å²) in [6.07, 6.45) is 0. The number of hydrogen-bond acceptors (Lipinski definition) is 2. The van der Waals surface area contributed by atoms with E-state index in [-0.39, 0.29) is 5.41 Å². The first kappa shape index (κ1) is 31.6. The van der Waals surface area contributed by atoms with Crippen molar-refractivity contribution in [1.29, 1.82) is 0 Å². The maximum absolute atomic E-state index is 6.33. The van der Waals surface area contributed by atoms with Gasteiger partial charge in [0.05, 0.1) is 5.69 Å². The summed E-state index contributed by atoms with van der Waals surface area (Å²) >= 11 is 0. The Morgan fingerprint density at radius 3 is 1.91 bits per heavy atom. The molecular formula is C53H37NO. The van der Waals surface area contributed by atoms with E-state index in [2.05, 4.69) is 207 Å². The van der Waals surface area contributed by atoms with E-state index in [0.29, 0.717) is 0 Å². The lowest BCUT2D eigenvalue weighted by atomic mass is 9.82. The topological polar surface area (TPSA) is 16.4 Å². The van der Waals surface area contributed by atoms with Gasteiger partial charge in [-0.25, -0.2) is 0 Å². The van der Waals surface area contributed by atoms with Crippen LogP contribution in [0.5, 0.6) is 0 Å². The molecule has 260 valence electrons. The Morgan fingerprint density at radius 1 is 0.400 bits per heavy atom. The highest BCUT2D eigenvalue weighted by Crippen LogP contribution is 2.51. The van der Waals surface area contributed by atoms with E-state index in [0.717, 1.165) is 44.7 Å². The van der Waals surface area contributed by atoms with Crippen molar-refractivity contribution in [2.75, 3.05) is 4.90 Å². The molecule has 0 saturated heterocycles. The van der Waals surface area contributed by atoms with E-state index < -0.39 is 0 Å². The number of para-hydroxylation sites is 1. The van der Waals surface area contributed by atoms with Crippen molar-refractivity contribution in [3.8, 4) is 33.4 Å². The number of benzene rings is 9. The second-order valence-electron chi connectivity index (χ2n) is 15.3. The van der Waals surface area contributed by atoms with E-state index in [9.17, 15) is 0 Å². The van der Waals surface area contributed by atoms with Crippen molar-refractivity contribution in [2.45, 2.75) is 19.3 Å². The third kappa shape index (κ3) is 4.95. The molecule has 10 aromatic rings. The van der Waals surface area contributed by atoms with Crippen molar-refractivity contribution >= 4 is 60.5 Å². The van der Waals surface area contributed by atoms with Crippen molar-refractivity contribution < 1.29 is 4.42 Å². The standard InChI is InChI=1S/C53H37NO/c1-53(2)47-17-9-7-16-44(47)45-33-41(27-28-48(45)53)54(49-18-10-8-14-42(49)39-20-19-34-11-3-4-13-37(34)31-39)40-25-21-35(22-26-40)38-24-29-50-46(32-38)52-43-15-6-5-12-36(43)23-30-51(52)55-50/h3-33H,1-2H3. The van der Waals surface area contributed by atoms with Crippen LogP contribution in [0.15, 0.2) is 192 Å². The fourth-order valence-electron chi connectivity index (χ4n) is 9.07. The highest BCUT2D eigenvalue weighted by Gasteiger charge is 2.35. The summed E-state index contributed by atoms with van der Waals surface area (Å²) in [5, 5.41) is 7.22. The lowest BCUT2D eigenvalue weighted by molar-refractivity contribution is 0.660. The minimum absolute atomic E-state index is 0.0619. The smallest absolute Gasteiger partial charge is 0.136 e. The van der Waals surface area contributed by atoms with Crippen LogP contribution in [-0.4, -0.2) is 0 Å². The van der Waals surface area contributed by atoms with Crippen LogP contribution in [0, 0.1) is 0 Å². The molecular weight excluding hydrogens is 667 g/mol. The van der Waals surface area contributed by atoms with Gasteiger partial charge in [0, 0.05) is 33.1 Å². The van der Waals surface area contributed by atoms with Gasteiger partial charge in [-0.05, 0) is 115 Å². The largest absolute Gasteiger partial charge is 0.456 e. The zero-order chi connectivity index (χ0) is 36.7. The van der Waals surface area contributed by atoms with Gasteiger partial charge in [0.25, 0.3) is 0 Å². The zero-order valence-electron chi connectivity index (χ0n) is 30.8. The molecule has 0 atom stereocenters. The second-order valence-corrected chi connectivity index (χ2v) is 15.3. The molecule has 0 unspecified atom stereocenters. The summed E-state index contributed by atoms with van der Waals surface area (Å²) < 4.78 is 6.33. The van der Waals surface area contributed by atoms with Gasteiger partial charge in [0.1, 0.15) is 11.2 Å². The Morgan fingerprint density at radius 2 is 1.04 bits per heavy atom. The Labute approximate surface area is 320 Å². The van der Waals surface area contributed by atoms with Gasteiger partial charge in [0.15, 0.2) is 0 Å². The van der Waals surface area contributed by atoms with Crippen molar-refractivity contribution in [3.63, 3.8) is 0 Å². The molecule has 0 amide bonds. The predicted molar refractivity (Wildman–Crippen MR) is 232 cm³/mol. The molecule has 1 aliphatic carbocycles. The molecule has 11 rings (SSSR count). The summed E-state index contributed by atoms with van der Waals surface area (Å²) in [6.45, 7) is 4.68. The SMILES string of the molecule is CC1(C)c2ccccc2-c2cc(N(c3ccc(-c4ccc5oc6ccc7ccccc7c6c5c4)cc3)c3ccccc3-c3ccc4ccccc4c3)ccc21. The highest BCUT2D eigenvalue weighted by molar-refractivity contribution is 6.19. The Hall–Kier alpha value is -6.90. The summed E-state index contributed by atoms with van der Waals surface area (Å²) in [7, 11) is 0. The Balaban J connectivity index is 1.07. The second kappa shape index (κ2) is 12.1. The van der Waals surface area contributed by atoms with E-state index in [1.807, 2.05) is 0 Å². The number of furan rings is 1. The minimum atomic E-state index is -0.0619. The lowest BCUT2D eigenvalue weighted by Gasteiger charge is -2.29. The quantitative estimate of drug-likeness (QED) is 0.177. The average Bonchev–Trinajstić information content (AvgIpc) is 3.73. The van der Waals surface area contributed by atoms with E-state index in [1.165, 1.54) is 60.3 Å². The zero-order valence-corrected chi connectivity index (χ0v) is 30.8. The monoisotopic (exact) mass is 703 g/mol. The van der Waals surface area contributed by atoms with Crippen LogP contribution in [0.2, 0.25) is 0 Å². The van der Waals surface area contributed by atoms with Crippen molar-refractivity contribution in [3.05, 3.63) is 199 Å². The molecule has 9 aromatic carbocycles. The average molecular weight is 704 g/mol. The molecule has 55 heavy (non-hydrogen) atoms. The number of hydrogen-bond donors (Lipinski definition) is 0. The molecule has 2 heteroatoms. The third-order valence-electron chi connectivity index (χ3n) is 11.8. The van der Waals surface area contributed by atoms with Gasteiger partial charge in [-0.2, -0.15) is 0 Å². The molecule has 2 nitrogen and oxygen atoms in total. The first-order valence-corrected chi connectivity index (χ1v) is 19.1. The van der Waals surface area contributed by atoms with Gasteiger partial charge in [0.2, 0.25) is 0 Å². The van der Waals surface area contributed by atoms with Crippen LogP contribution in [0.1, 0.15) is 25.0 Å². The first-order valence-electron chi connectivity index (χ1n) is 19.1. The fourth-order valence-corrected chi connectivity index (χ4v) is 9.07. The molecule has 0 aliphatic heterocycles. The van der Waals surface area contributed by atoms with E-state index in [4.69, 9.17) is 4.42 Å². The molecule has 1 heterocycles. The molecule has 0 spiro atoms. The van der Waals surface area contributed by atoms with Crippen LogP contribution in [0.25, 0.3) is 76.9 Å². The predicted octanol–water partition coefficient (Wildman–Crippen LogP) is 15.0. The van der Waals surface area contributed by atoms with Crippen LogP contribution in [-0.2, 0) is 5.41 Å². The van der Waals surface area contributed by atoms with Crippen molar-refractivity contribution in [2.24, 2.45) is 0 Å². The van der Waals surface area contributed by atoms with Crippen LogP contribution >= 0.6 is 0 Å². The van der Waals surface area contributed by atoms with Crippen LogP contribution < -0.4 is 4.90 Å². The molecule has 0 saturated carbocycles. The van der Waals surface area contributed by atoms with Gasteiger partial charge in [-0.15, -0.1) is 0 Å². The lowest BCUT2D eigenvalue weighted by Crippen LogP contribution is -2.15. The molecule has 1 aliphatic rings. The van der Waals surface area contributed by atoms with Gasteiger partial charge in [-0.1, -0.05) is 147 Å². The summed E-state index contributed by atoms with van der Waals surface area (Å²) in [6, 6.07) is 68.6. The fraction of sp³-hybridized carbons (Fsp3) is 0.0566. The Kier molecular flexibility index (Phi) is 6.93. The normalized spacial score (nSPS) is 13.1. The number of anilines is 3. The molecule has 0 radical (unpaired) electrons. The summed E-state index contributed by atoms with van der Waals surface area (Å²) in [4.78, 5) is 2.43.